The highest BCUT2D eigenvalue weighted by Crippen LogP contribution is 2.51. The van der Waals surface area contributed by atoms with Crippen LogP contribution in [0.1, 0.15) is 49.1 Å². The molecule has 3 aliphatic rings. The molecule has 1 fully saturated rings. The lowest BCUT2D eigenvalue weighted by molar-refractivity contribution is -0.0574. The fraction of sp³-hybridized carbons (Fsp3) is 0.500. The van der Waals surface area contributed by atoms with Crippen molar-refractivity contribution < 1.29 is 14.6 Å². The summed E-state index contributed by atoms with van der Waals surface area (Å²) in [4.78, 5) is 10.6. The van der Waals surface area contributed by atoms with E-state index in [-0.39, 0.29) is 5.92 Å². The average molecular weight is 490 g/mol. The second-order valence-corrected chi connectivity index (χ2v) is 10.7. The summed E-state index contributed by atoms with van der Waals surface area (Å²) in [7, 11) is 5.46. The van der Waals surface area contributed by atoms with E-state index in [4.69, 9.17) is 14.5 Å². The highest BCUT2D eigenvalue weighted by molar-refractivity contribution is 5.87. The van der Waals surface area contributed by atoms with Gasteiger partial charge in [0.25, 0.3) is 0 Å². The van der Waals surface area contributed by atoms with E-state index in [9.17, 15) is 5.11 Å². The van der Waals surface area contributed by atoms with Gasteiger partial charge in [-0.1, -0.05) is 36.4 Å². The third-order valence-corrected chi connectivity index (χ3v) is 8.28. The number of allylic oxidation sites excluding steroid dienone is 1. The van der Waals surface area contributed by atoms with E-state index in [1.165, 1.54) is 17.6 Å². The summed E-state index contributed by atoms with van der Waals surface area (Å²) >= 11 is 0. The highest BCUT2D eigenvalue weighted by atomic mass is 16.5. The molecule has 3 atom stereocenters. The number of benzene rings is 2. The number of ether oxygens (including phenoxy) is 2. The number of rotatable bonds is 10. The van der Waals surface area contributed by atoms with Crippen molar-refractivity contribution in [2.75, 3.05) is 34.4 Å². The van der Waals surface area contributed by atoms with Gasteiger partial charge in [-0.25, -0.2) is 4.98 Å². The van der Waals surface area contributed by atoms with Crippen molar-refractivity contribution in [1.82, 2.24) is 14.9 Å². The zero-order chi connectivity index (χ0) is 25.3. The molecule has 0 spiro atoms. The number of nitrogens with one attached hydrogen (secondary N) is 1. The molecule has 0 saturated heterocycles. The van der Waals surface area contributed by atoms with Crippen LogP contribution in [0.3, 0.4) is 0 Å². The van der Waals surface area contributed by atoms with Crippen molar-refractivity contribution in [2.24, 2.45) is 11.8 Å². The SMILES string of the molecule is COc1cc(C)c2[nH]c(CCCN(C)CCC3(O)CC4CCC3C=C4c3ccccc3)nc2c1OC. The van der Waals surface area contributed by atoms with Crippen LogP contribution in [-0.4, -0.2) is 59.9 Å². The first-order valence-electron chi connectivity index (χ1n) is 13.2. The second kappa shape index (κ2) is 10.3. The van der Waals surface area contributed by atoms with Crippen LogP contribution in [-0.2, 0) is 6.42 Å². The Morgan fingerprint density at radius 3 is 2.64 bits per heavy atom. The molecule has 192 valence electrons. The molecule has 0 radical (unpaired) electrons. The number of imidazole rings is 1. The fourth-order valence-electron chi connectivity index (χ4n) is 6.24. The van der Waals surface area contributed by atoms with Gasteiger partial charge in [-0.05, 0) is 81.3 Å². The summed E-state index contributed by atoms with van der Waals surface area (Å²) in [6.45, 7) is 3.92. The zero-order valence-electron chi connectivity index (χ0n) is 22.0. The van der Waals surface area contributed by atoms with E-state index in [0.717, 1.165) is 67.6 Å². The van der Waals surface area contributed by atoms with Gasteiger partial charge in [0.2, 0.25) is 0 Å². The van der Waals surface area contributed by atoms with Gasteiger partial charge in [0.1, 0.15) is 11.3 Å². The Kier molecular flexibility index (Phi) is 7.09. The molecule has 1 aromatic heterocycles. The number of hydrogen-bond donors (Lipinski definition) is 2. The van der Waals surface area contributed by atoms with Gasteiger partial charge in [-0.15, -0.1) is 0 Å². The second-order valence-electron chi connectivity index (χ2n) is 10.7. The molecule has 6 rings (SSSR count). The Morgan fingerprint density at radius 2 is 1.94 bits per heavy atom. The van der Waals surface area contributed by atoms with E-state index in [1.54, 1.807) is 14.2 Å². The molecule has 0 aliphatic heterocycles. The van der Waals surface area contributed by atoms with E-state index in [0.29, 0.717) is 17.4 Å². The van der Waals surface area contributed by atoms with Crippen LogP contribution < -0.4 is 9.47 Å². The minimum atomic E-state index is -0.582. The van der Waals surface area contributed by atoms with Gasteiger partial charge in [0, 0.05) is 18.9 Å². The lowest BCUT2D eigenvalue weighted by Gasteiger charge is -2.48. The molecule has 3 aromatic rings. The summed E-state index contributed by atoms with van der Waals surface area (Å²) in [5, 5.41) is 11.6. The molecule has 2 aromatic carbocycles. The number of fused-ring (bicyclic) bond motifs is 3. The maximum atomic E-state index is 11.6. The van der Waals surface area contributed by atoms with E-state index >= 15 is 0 Å². The molecule has 1 saturated carbocycles. The van der Waals surface area contributed by atoms with Crippen LogP contribution in [0.4, 0.5) is 0 Å². The summed E-state index contributed by atoms with van der Waals surface area (Å²) < 4.78 is 11.0. The van der Waals surface area contributed by atoms with E-state index in [1.807, 2.05) is 6.07 Å². The van der Waals surface area contributed by atoms with Gasteiger partial charge >= 0.3 is 0 Å². The van der Waals surface area contributed by atoms with Crippen LogP contribution in [0, 0.1) is 18.8 Å². The minimum Gasteiger partial charge on any atom is -0.493 e. The van der Waals surface area contributed by atoms with Gasteiger partial charge in [0.15, 0.2) is 11.5 Å². The van der Waals surface area contributed by atoms with E-state index in [2.05, 4.69) is 60.3 Å². The van der Waals surface area contributed by atoms with Gasteiger partial charge in [-0.2, -0.15) is 0 Å². The lowest BCUT2D eigenvalue weighted by Crippen LogP contribution is -2.48. The van der Waals surface area contributed by atoms with Gasteiger partial charge in [-0.3, -0.25) is 0 Å². The number of methoxy groups -OCH3 is 2. The summed E-state index contributed by atoms with van der Waals surface area (Å²) in [5.41, 5.74) is 5.12. The van der Waals surface area contributed by atoms with Crippen LogP contribution >= 0.6 is 0 Å². The molecule has 3 unspecified atom stereocenters. The van der Waals surface area contributed by atoms with Crippen molar-refractivity contribution >= 4 is 16.6 Å². The topological polar surface area (TPSA) is 70.6 Å². The number of aromatic amines is 1. The van der Waals surface area contributed by atoms with Crippen LogP contribution in [0.2, 0.25) is 0 Å². The van der Waals surface area contributed by atoms with Crippen LogP contribution in [0.5, 0.6) is 11.5 Å². The first kappa shape index (κ1) is 24.8. The van der Waals surface area contributed by atoms with Crippen molar-refractivity contribution in [3.8, 4) is 11.5 Å². The first-order valence-corrected chi connectivity index (χ1v) is 13.2. The average Bonchev–Trinajstić information content (AvgIpc) is 3.33. The normalized spacial score (nSPS) is 23.3. The monoisotopic (exact) mass is 489 g/mol. The summed E-state index contributed by atoms with van der Waals surface area (Å²) in [6.07, 6.45) is 8.23. The molecule has 6 heteroatoms. The van der Waals surface area contributed by atoms with Crippen molar-refractivity contribution in [2.45, 2.75) is 51.0 Å². The van der Waals surface area contributed by atoms with E-state index < -0.39 is 5.60 Å². The predicted molar refractivity (Wildman–Crippen MR) is 145 cm³/mol. The maximum Gasteiger partial charge on any atom is 0.188 e. The Labute approximate surface area is 214 Å². The van der Waals surface area contributed by atoms with Crippen LogP contribution in [0.25, 0.3) is 16.6 Å². The highest BCUT2D eigenvalue weighted by Gasteiger charge is 2.46. The molecule has 36 heavy (non-hydrogen) atoms. The number of H-pyrrole nitrogens is 1. The number of aromatic nitrogens is 2. The third kappa shape index (κ3) is 4.76. The molecule has 2 N–H and O–H groups in total. The molecular formula is C30H39N3O3. The molecule has 6 nitrogen and oxygen atoms in total. The molecule has 1 heterocycles. The molecular weight excluding hydrogens is 450 g/mol. The van der Waals surface area contributed by atoms with Gasteiger partial charge in [0.05, 0.1) is 25.3 Å². The summed E-state index contributed by atoms with van der Waals surface area (Å²) in [6, 6.07) is 12.7. The fourth-order valence-corrected chi connectivity index (χ4v) is 6.24. The largest absolute Gasteiger partial charge is 0.493 e. The number of hydrogen-bond acceptors (Lipinski definition) is 5. The smallest absolute Gasteiger partial charge is 0.188 e. The van der Waals surface area contributed by atoms with Crippen molar-refractivity contribution in [3.05, 3.63) is 59.4 Å². The quantitative estimate of drug-likeness (QED) is 0.400. The first-order chi connectivity index (χ1) is 17.4. The van der Waals surface area contributed by atoms with Crippen molar-refractivity contribution in [3.63, 3.8) is 0 Å². The zero-order valence-corrected chi connectivity index (χ0v) is 22.0. The Balaban J connectivity index is 1.16. The molecule has 0 amide bonds. The molecule has 3 aliphatic carbocycles. The van der Waals surface area contributed by atoms with Crippen molar-refractivity contribution in [1.29, 1.82) is 0 Å². The van der Waals surface area contributed by atoms with Crippen LogP contribution in [0.15, 0.2) is 42.5 Å². The molecule has 2 bridgehead atoms. The maximum absolute atomic E-state index is 11.6. The Morgan fingerprint density at radius 1 is 1.14 bits per heavy atom. The number of aryl methyl sites for hydroxylation is 2. The Bertz CT molecular complexity index is 1240. The predicted octanol–water partition coefficient (Wildman–Crippen LogP) is 5.39. The number of aliphatic hydroxyl groups is 1. The Hall–Kier alpha value is -2.83. The third-order valence-electron chi connectivity index (χ3n) is 8.28. The lowest BCUT2D eigenvalue weighted by atomic mass is 9.61. The number of nitrogens with zero attached hydrogens (tertiary/aromatic N) is 2. The standard InChI is InChI=1S/C30H39N3O3/c1-20-17-25(35-3)29(36-4)28-27(20)31-26(32-28)11-8-15-33(2)16-14-30(34)19-22-12-13-23(30)18-24(22)21-9-6-5-7-10-21/h5-7,9-10,17-18,22-23,34H,8,11-16,19H2,1-4H3,(H,31,32). The minimum absolute atomic E-state index is 0.261. The van der Waals surface area contributed by atoms with Gasteiger partial charge < -0.3 is 24.5 Å². The summed E-state index contributed by atoms with van der Waals surface area (Å²) in [5.74, 6) is 3.09.